The largest absolute Gasteiger partial charge is 0.465 e. The highest BCUT2D eigenvalue weighted by atomic mass is 35.5. The lowest BCUT2D eigenvalue weighted by Gasteiger charge is -2.08. The van der Waals surface area contributed by atoms with Crippen molar-refractivity contribution in [3.05, 3.63) is 94.0 Å². The molecule has 0 aliphatic carbocycles. The summed E-state index contributed by atoms with van der Waals surface area (Å²) in [6.07, 6.45) is 6.95. The number of hydrogen-bond acceptors (Lipinski definition) is 5. The SMILES string of the molecule is COC(=O)c1ccccc1Cn1cc(NC(=S)Nc2cnn(Cc3ccc(Cl)cc3Cl)c2)cn1. The molecule has 0 amide bonds. The lowest BCUT2D eigenvalue weighted by Crippen LogP contribution is -2.18. The van der Waals surface area contributed by atoms with Gasteiger partial charge in [-0.1, -0.05) is 47.5 Å². The van der Waals surface area contributed by atoms with E-state index in [9.17, 15) is 4.79 Å². The van der Waals surface area contributed by atoms with E-state index in [0.29, 0.717) is 39.5 Å². The Kier molecular flexibility index (Phi) is 7.46. The first kappa shape index (κ1) is 23.7. The normalized spacial score (nSPS) is 10.7. The van der Waals surface area contributed by atoms with Gasteiger partial charge in [0, 0.05) is 22.4 Å². The van der Waals surface area contributed by atoms with Gasteiger partial charge in [0.25, 0.3) is 0 Å². The zero-order valence-electron chi connectivity index (χ0n) is 18.0. The number of methoxy groups -OCH3 is 1. The van der Waals surface area contributed by atoms with Crippen molar-refractivity contribution in [2.75, 3.05) is 17.7 Å². The lowest BCUT2D eigenvalue weighted by atomic mass is 10.1. The number of anilines is 2. The van der Waals surface area contributed by atoms with E-state index in [0.717, 1.165) is 16.8 Å². The van der Waals surface area contributed by atoms with Crippen LogP contribution < -0.4 is 10.6 Å². The fourth-order valence-corrected chi connectivity index (χ4v) is 3.99. The molecule has 2 N–H and O–H groups in total. The summed E-state index contributed by atoms with van der Waals surface area (Å²) in [5.41, 5.74) is 3.64. The Labute approximate surface area is 211 Å². The Morgan fingerprint density at radius 2 is 1.59 bits per heavy atom. The Bertz CT molecular complexity index is 1340. The second-order valence-electron chi connectivity index (χ2n) is 7.32. The van der Waals surface area contributed by atoms with E-state index in [-0.39, 0.29) is 5.97 Å². The molecule has 2 aromatic heterocycles. The molecule has 0 aliphatic heterocycles. The minimum absolute atomic E-state index is 0.384. The molecule has 0 saturated carbocycles. The molecule has 11 heteroatoms. The quantitative estimate of drug-likeness (QED) is 0.262. The van der Waals surface area contributed by atoms with Crippen LogP contribution in [0.4, 0.5) is 11.4 Å². The van der Waals surface area contributed by atoms with E-state index in [1.165, 1.54) is 7.11 Å². The highest BCUT2D eigenvalue weighted by molar-refractivity contribution is 7.80. The number of hydrogen-bond donors (Lipinski definition) is 2. The zero-order chi connectivity index (χ0) is 24.1. The molecule has 0 spiro atoms. The molecular formula is C23H20Cl2N6O2S. The molecule has 2 aromatic carbocycles. The molecule has 8 nitrogen and oxygen atoms in total. The molecule has 2 heterocycles. The van der Waals surface area contributed by atoms with Crippen LogP contribution in [0, 0.1) is 0 Å². The van der Waals surface area contributed by atoms with Crippen LogP contribution in [0.2, 0.25) is 10.0 Å². The molecule has 34 heavy (non-hydrogen) atoms. The standard InChI is InChI=1S/C23H20Cl2N6O2S/c1-33-22(32)20-5-3-2-4-15(20)11-30-13-18(9-26-30)28-23(34)29-19-10-27-31(14-19)12-16-6-7-17(24)8-21(16)25/h2-10,13-14H,11-12H2,1H3,(H2,28,29,34). The molecule has 4 aromatic rings. The number of carbonyl (C=O) groups is 1. The van der Waals surface area contributed by atoms with Crippen molar-refractivity contribution in [2.24, 2.45) is 0 Å². The summed E-state index contributed by atoms with van der Waals surface area (Å²) in [6, 6.07) is 12.6. The maximum absolute atomic E-state index is 12.0. The Morgan fingerprint density at radius 1 is 0.971 bits per heavy atom. The van der Waals surface area contributed by atoms with Crippen molar-refractivity contribution >= 4 is 57.9 Å². The van der Waals surface area contributed by atoms with Crippen LogP contribution in [-0.4, -0.2) is 37.8 Å². The monoisotopic (exact) mass is 514 g/mol. The van der Waals surface area contributed by atoms with Gasteiger partial charge in [-0.3, -0.25) is 9.36 Å². The first-order valence-corrected chi connectivity index (χ1v) is 11.3. The molecule has 0 fully saturated rings. The number of aromatic nitrogens is 4. The predicted octanol–water partition coefficient (Wildman–Crippen LogP) is 5.08. The predicted molar refractivity (Wildman–Crippen MR) is 137 cm³/mol. The Morgan fingerprint density at radius 3 is 2.21 bits per heavy atom. The summed E-state index contributed by atoms with van der Waals surface area (Å²) in [5, 5.41) is 16.4. The first-order chi connectivity index (χ1) is 16.4. The number of rotatable bonds is 7. The van der Waals surface area contributed by atoms with Crippen molar-refractivity contribution < 1.29 is 9.53 Å². The highest BCUT2D eigenvalue weighted by Gasteiger charge is 2.12. The van der Waals surface area contributed by atoms with Gasteiger partial charge in [-0.25, -0.2) is 4.79 Å². The average molecular weight is 515 g/mol. The van der Waals surface area contributed by atoms with E-state index in [4.69, 9.17) is 40.2 Å². The summed E-state index contributed by atoms with van der Waals surface area (Å²) < 4.78 is 8.31. The minimum Gasteiger partial charge on any atom is -0.465 e. The van der Waals surface area contributed by atoms with E-state index in [1.54, 1.807) is 52.2 Å². The molecule has 0 radical (unpaired) electrons. The summed E-state index contributed by atoms with van der Waals surface area (Å²) in [5.74, 6) is -0.384. The number of nitrogens with zero attached hydrogens (tertiary/aromatic N) is 4. The molecule has 0 atom stereocenters. The van der Waals surface area contributed by atoms with Crippen molar-refractivity contribution in [3.63, 3.8) is 0 Å². The topological polar surface area (TPSA) is 86.0 Å². The summed E-state index contributed by atoms with van der Waals surface area (Å²) in [7, 11) is 1.36. The number of benzene rings is 2. The third kappa shape index (κ3) is 5.93. The van der Waals surface area contributed by atoms with Crippen LogP contribution in [0.15, 0.2) is 67.3 Å². The maximum atomic E-state index is 12.0. The van der Waals surface area contributed by atoms with Gasteiger partial charge in [0.05, 0.1) is 49.5 Å². The van der Waals surface area contributed by atoms with Crippen LogP contribution >= 0.6 is 35.4 Å². The van der Waals surface area contributed by atoms with Gasteiger partial charge >= 0.3 is 5.97 Å². The van der Waals surface area contributed by atoms with Crippen molar-refractivity contribution in [1.29, 1.82) is 0 Å². The third-order valence-electron chi connectivity index (χ3n) is 4.88. The van der Waals surface area contributed by atoms with E-state index >= 15 is 0 Å². The minimum atomic E-state index is -0.384. The van der Waals surface area contributed by atoms with Gasteiger partial charge in [0.1, 0.15) is 0 Å². The Balaban J connectivity index is 1.35. The van der Waals surface area contributed by atoms with Crippen LogP contribution in [0.25, 0.3) is 0 Å². The second-order valence-corrected chi connectivity index (χ2v) is 8.57. The van der Waals surface area contributed by atoms with Crippen LogP contribution in [0.3, 0.4) is 0 Å². The van der Waals surface area contributed by atoms with Gasteiger partial charge in [-0.15, -0.1) is 0 Å². The van der Waals surface area contributed by atoms with E-state index < -0.39 is 0 Å². The Hall–Kier alpha value is -3.40. The molecule has 4 rings (SSSR count). The lowest BCUT2D eigenvalue weighted by molar-refractivity contribution is 0.0599. The molecule has 0 bridgehead atoms. The number of carbonyl (C=O) groups excluding carboxylic acids is 1. The summed E-state index contributed by atoms with van der Waals surface area (Å²) in [6.45, 7) is 0.908. The number of halogens is 2. The maximum Gasteiger partial charge on any atom is 0.338 e. The fraction of sp³-hybridized carbons (Fsp3) is 0.130. The summed E-state index contributed by atoms with van der Waals surface area (Å²) in [4.78, 5) is 12.0. The van der Waals surface area contributed by atoms with Crippen LogP contribution in [-0.2, 0) is 17.8 Å². The molecular weight excluding hydrogens is 495 g/mol. The average Bonchev–Trinajstić information content (AvgIpc) is 3.44. The van der Waals surface area contributed by atoms with Crippen molar-refractivity contribution in [3.8, 4) is 0 Å². The summed E-state index contributed by atoms with van der Waals surface area (Å²) >= 11 is 17.6. The van der Waals surface area contributed by atoms with Crippen molar-refractivity contribution in [1.82, 2.24) is 19.6 Å². The molecule has 0 saturated heterocycles. The van der Waals surface area contributed by atoms with Crippen molar-refractivity contribution in [2.45, 2.75) is 13.1 Å². The van der Waals surface area contributed by atoms with E-state index in [2.05, 4.69) is 20.8 Å². The van der Waals surface area contributed by atoms with Crippen LogP contribution in [0.1, 0.15) is 21.5 Å². The zero-order valence-corrected chi connectivity index (χ0v) is 20.4. The van der Waals surface area contributed by atoms with Gasteiger partial charge in [-0.05, 0) is 41.5 Å². The molecule has 0 aliphatic rings. The van der Waals surface area contributed by atoms with Gasteiger partial charge in [0.2, 0.25) is 0 Å². The fourth-order valence-electron chi connectivity index (χ4n) is 3.29. The number of thiocarbonyl (C=S) groups is 1. The van der Waals surface area contributed by atoms with Gasteiger partial charge in [0.15, 0.2) is 5.11 Å². The smallest absolute Gasteiger partial charge is 0.338 e. The molecule has 0 unspecified atom stereocenters. The second kappa shape index (κ2) is 10.7. The number of esters is 1. The highest BCUT2D eigenvalue weighted by Crippen LogP contribution is 2.22. The molecule has 174 valence electrons. The number of nitrogens with one attached hydrogen (secondary N) is 2. The van der Waals surface area contributed by atoms with E-state index in [1.807, 2.05) is 24.4 Å². The van der Waals surface area contributed by atoms with Gasteiger partial charge in [-0.2, -0.15) is 10.2 Å². The van der Waals surface area contributed by atoms with Crippen LogP contribution in [0.5, 0.6) is 0 Å². The number of ether oxygens (including phenoxy) is 1. The third-order valence-corrected chi connectivity index (χ3v) is 5.68. The van der Waals surface area contributed by atoms with Gasteiger partial charge < -0.3 is 15.4 Å². The first-order valence-electron chi connectivity index (χ1n) is 10.1.